The molecular formula is C13H19N3O2. The summed E-state index contributed by atoms with van der Waals surface area (Å²) >= 11 is 0. The highest BCUT2D eigenvalue weighted by Gasteiger charge is 2.30. The number of rotatable bonds is 6. The molecule has 1 heterocycles. The lowest BCUT2D eigenvalue weighted by Gasteiger charge is -2.24. The van der Waals surface area contributed by atoms with E-state index >= 15 is 0 Å². The van der Waals surface area contributed by atoms with Gasteiger partial charge in [0.05, 0.1) is 5.69 Å². The standard InChI is InChI=1S/C13H19N3O2/c1-9(2)6-16(10-3-4-10)7-12-11(13(17)18)5-14-8-15-12/h5,8-10H,3-4,6-7H2,1-2H3,(H,17,18). The number of hydrogen-bond donors (Lipinski definition) is 1. The highest BCUT2D eigenvalue weighted by molar-refractivity contribution is 5.88. The van der Waals surface area contributed by atoms with Crippen molar-refractivity contribution >= 4 is 5.97 Å². The molecule has 0 saturated heterocycles. The Bertz CT molecular complexity index is 430. The Kier molecular flexibility index (Phi) is 3.91. The molecule has 0 bridgehead atoms. The van der Waals surface area contributed by atoms with Gasteiger partial charge in [-0.15, -0.1) is 0 Å². The molecule has 1 aromatic rings. The van der Waals surface area contributed by atoms with Gasteiger partial charge in [0.25, 0.3) is 0 Å². The van der Waals surface area contributed by atoms with Gasteiger partial charge >= 0.3 is 5.97 Å². The van der Waals surface area contributed by atoms with Crippen LogP contribution in [0.3, 0.4) is 0 Å². The molecule has 1 aliphatic rings. The lowest BCUT2D eigenvalue weighted by Crippen LogP contribution is -2.30. The summed E-state index contributed by atoms with van der Waals surface area (Å²) in [7, 11) is 0. The minimum Gasteiger partial charge on any atom is -0.478 e. The van der Waals surface area contributed by atoms with E-state index in [-0.39, 0.29) is 5.56 Å². The number of aromatic carboxylic acids is 1. The van der Waals surface area contributed by atoms with Crippen LogP contribution in [0.2, 0.25) is 0 Å². The van der Waals surface area contributed by atoms with Crippen molar-refractivity contribution in [3.63, 3.8) is 0 Å². The van der Waals surface area contributed by atoms with Crippen LogP contribution in [-0.4, -0.2) is 38.5 Å². The molecule has 1 saturated carbocycles. The Balaban J connectivity index is 2.13. The maximum atomic E-state index is 11.1. The third kappa shape index (κ3) is 3.26. The fraction of sp³-hybridized carbons (Fsp3) is 0.615. The summed E-state index contributed by atoms with van der Waals surface area (Å²) in [4.78, 5) is 21.4. The second kappa shape index (κ2) is 5.44. The Morgan fingerprint density at radius 1 is 1.56 bits per heavy atom. The Morgan fingerprint density at radius 3 is 2.83 bits per heavy atom. The first-order valence-corrected chi connectivity index (χ1v) is 6.34. The molecule has 18 heavy (non-hydrogen) atoms. The predicted molar refractivity (Wildman–Crippen MR) is 67.3 cm³/mol. The van der Waals surface area contributed by atoms with Gasteiger partial charge in [0.15, 0.2) is 0 Å². The lowest BCUT2D eigenvalue weighted by atomic mass is 10.1. The van der Waals surface area contributed by atoms with Gasteiger partial charge in [-0.05, 0) is 18.8 Å². The van der Waals surface area contributed by atoms with Crippen LogP contribution in [0.5, 0.6) is 0 Å². The van der Waals surface area contributed by atoms with Gasteiger partial charge in [-0.25, -0.2) is 14.8 Å². The highest BCUT2D eigenvalue weighted by Crippen LogP contribution is 2.29. The normalized spacial score (nSPS) is 15.3. The van der Waals surface area contributed by atoms with Crippen molar-refractivity contribution in [2.45, 2.75) is 39.3 Å². The molecular weight excluding hydrogens is 230 g/mol. The Labute approximate surface area is 107 Å². The van der Waals surface area contributed by atoms with Gasteiger partial charge < -0.3 is 5.11 Å². The van der Waals surface area contributed by atoms with Crippen LogP contribution in [0, 0.1) is 5.92 Å². The van der Waals surface area contributed by atoms with Crippen molar-refractivity contribution in [2.75, 3.05) is 6.54 Å². The minimum absolute atomic E-state index is 0.215. The molecule has 1 aromatic heterocycles. The topological polar surface area (TPSA) is 66.3 Å². The van der Waals surface area contributed by atoms with Crippen LogP contribution in [0.4, 0.5) is 0 Å². The van der Waals surface area contributed by atoms with Crippen LogP contribution in [0.25, 0.3) is 0 Å². The number of carboxylic acid groups (broad SMARTS) is 1. The van der Waals surface area contributed by atoms with Crippen LogP contribution < -0.4 is 0 Å². The molecule has 1 fully saturated rings. The van der Waals surface area contributed by atoms with Gasteiger partial charge in [-0.1, -0.05) is 13.8 Å². The van der Waals surface area contributed by atoms with E-state index in [1.807, 2.05) is 0 Å². The number of hydrogen-bond acceptors (Lipinski definition) is 4. The molecule has 1 aliphatic carbocycles. The molecule has 0 aromatic carbocycles. The van der Waals surface area contributed by atoms with Gasteiger partial charge in [0.2, 0.25) is 0 Å². The Morgan fingerprint density at radius 2 is 2.28 bits per heavy atom. The summed E-state index contributed by atoms with van der Waals surface area (Å²) < 4.78 is 0. The molecule has 98 valence electrons. The molecule has 0 aliphatic heterocycles. The molecule has 0 radical (unpaired) electrons. The third-order valence-electron chi connectivity index (χ3n) is 3.04. The van der Waals surface area contributed by atoms with Crippen molar-refractivity contribution in [1.82, 2.24) is 14.9 Å². The summed E-state index contributed by atoms with van der Waals surface area (Å²) in [5.41, 5.74) is 0.831. The van der Waals surface area contributed by atoms with E-state index in [0.29, 0.717) is 24.2 Å². The van der Waals surface area contributed by atoms with Gasteiger partial charge in [-0.3, -0.25) is 4.90 Å². The third-order valence-corrected chi connectivity index (χ3v) is 3.04. The van der Waals surface area contributed by atoms with Crippen molar-refractivity contribution in [2.24, 2.45) is 5.92 Å². The van der Waals surface area contributed by atoms with E-state index in [4.69, 9.17) is 5.11 Å². The van der Waals surface area contributed by atoms with E-state index in [0.717, 1.165) is 6.54 Å². The number of aromatic nitrogens is 2. The van der Waals surface area contributed by atoms with E-state index in [1.54, 1.807) is 0 Å². The number of nitrogens with zero attached hydrogens (tertiary/aromatic N) is 3. The first-order chi connectivity index (χ1) is 8.58. The first-order valence-electron chi connectivity index (χ1n) is 6.34. The molecule has 0 spiro atoms. The molecule has 0 atom stereocenters. The van der Waals surface area contributed by atoms with E-state index in [1.165, 1.54) is 25.4 Å². The van der Waals surface area contributed by atoms with Gasteiger partial charge in [0.1, 0.15) is 11.9 Å². The minimum atomic E-state index is -0.953. The quantitative estimate of drug-likeness (QED) is 0.832. The van der Waals surface area contributed by atoms with Crippen LogP contribution in [0.15, 0.2) is 12.5 Å². The molecule has 0 unspecified atom stereocenters. The molecule has 5 heteroatoms. The largest absolute Gasteiger partial charge is 0.478 e. The maximum Gasteiger partial charge on any atom is 0.339 e. The predicted octanol–water partition coefficient (Wildman–Crippen LogP) is 1.80. The second-order valence-electron chi connectivity index (χ2n) is 5.24. The van der Waals surface area contributed by atoms with Crippen molar-refractivity contribution in [3.05, 3.63) is 23.8 Å². The van der Waals surface area contributed by atoms with E-state index in [2.05, 4.69) is 28.7 Å². The molecule has 2 rings (SSSR count). The summed E-state index contributed by atoms with van der Waals surface area (Å²) in [6, 6.07) is 0.601. The van der Waals surface area contributed by atoms with Gasteiger partial charge in [0, 0.05) is 25.3 Å². The zero-order chi connectivity index (χ0) is 13.1. The average molecular weight is 249 g/mol. The fourth-order valence-corrected chi connectivity index (χ4v) is 2.10. The molecule has 0 amide bonds. The number of carbonyl (C=O) groups is 1. The van der Waals surface area contributed by atoms with Crippen LogP contribution in [-0.2, 0) is 6.54 Å². The zero-order valence-corrected chi connectivity index (χ0v) is 10.8. The lowest BCUT2D eigenvalue weighted by molar-refractivity contribution is 0.0692. The molecule has 5 nitrogen and oxygen atoms in total. The van der Waals surface area contributed by atoms with E-state index < -0.39 is 5.97 Å². The number of carboxylic acids is 1. The van der Waals surface area contributed by atoms with Crippen molar-refractivity contribution in [3.8, 4) is 0 Å². The summed E-state index contributed by atoms with van der Waals surface area (Å²) in [6.45, 7) is 5.93. The second-order valence-corrected chi connectivity index (χ2v) is 5.24. The smallest absolute Gasteiger partial charge is 0.339 e. The van der Waals surface area contributed by atoms with Crippen molar-refractivity contribution < 1.29 is 9.90 Å². The maximum absolute atomic E-state index is 11.1. The summed E-state index contributed by atoms with van der Waals surface area (Å²) in [5.74, 6) is -0.383. The summed E-state index contributed by atoms with van der Waals surface area (Å²) in [6.07, 6.45) is 5.22. The van der Waals surface area contributed by atoms with E-state index in [9.17, 15) is 4.79 Å². The van der Waals surface area contributed by atoms with Crippen LogP contribution in [0.1, 0.15) is 42.7 Å². The van der Waals surface area contributed by atoms with Gasteiger partial charge in [-0.2, -0.15) is 0 Å². The zero-order valence-electron chi connectivity index (χ0n) is 10.8. The fourth-order valence-electron chi connectivity index (χ4n) is 2.10. The highest BCUT2D eigenvalue weighted by atomic mass is 16.4. The van der Waals surface area contributed by atoms with Crippen molar-refractivity contribution in [1.29, 1.82) is 0 Å². The summed E-state index contributed by atoms with van der Waals surface area (Å²) in [5, 5.41) is 9.12. The monoisotopic (exact) mass is 249 g/mol. The molecule has 1 N–H and O–H groups in total. The van der Waals surface area contributed by atoms with Crippen LogP contribution >= 0.6 is 0 Å². The Hall–Kier alpha value is -1.49. The SMILES string of the molecule is CC(C)CN(Cc1ncncc1C(=O)O)C1CC1. The average Bonchev–Trinajstić information content (AvgIpc) is 3.11. The first kappa shape index (κ1) is 13.0.